The minimum Gasteiger partial charge on any atom is -0.338 e. The van der Waals surface area contributed by atoms with Gasteiger partial charge in [-0.2, -0.15) is 0 Å². The molecular weight excluding hydrogens is 350 g/mol. The van der Waals surface area contributed by atoms with Gasteiger partial charge >= 0.3 is 6.03 Å². The summed E-state index contributed by atoms with van der Waals surface area (Å²) in [6.45, 7) is 0.701. The third kappa shape index (κ3) is 5.57. The Labute approximate surface area is 155 Å². The third-order valence-electron chi connectivity index (χ3n) is 3.94. The normalized spacial score (nSPS) is 11.3. The average molecular weight is 375 g/mol. The van der Waals surface area contributed by atoms with E-state index in [4.69, 9.17) is 0 Å². The van der Waals surface area contributed by atoms with E-state index in [-0.39, 0.29) is 17.5 Å². The number of aryl methyl sites for hydroxylation is 1. The molecule has 0 heterocycles. The van der Waals surface area contributed by atoms with E-state index < -0.39 is 10.0 Å². The molecule has 26 heavy (non-hydrogen) atoms. The first kappa shape index (κ1) is 19.9. The molecule has 2 aromatic carbocycles. The Kier molecular flexibility index (Phi) is 7.17. The first-order valence-electron chi connectivity index (χ1n) is 8.47. The molecular formula is C19H25N3O3S. The van der Waals surface area contributed by atoms with Crippen molar-refractivity contribution in [2.24, 2.45) is 0 Å². The van der Waals surface area contributed by atoms with Crippen molar-refractivity contribution in [1.82, 2.24) is 14.9 Å². The largest absolute Gasteiger partial charge is 0.338 e. The highest BCUT2D eigenvalue weighted by atomic mass is 32.2. The summed E-state index contributed by atoms with van der Waals surface area (Å²) in [5, 5.41) is 5.51. The van der Waals surface area contributed by atoms with Gasteiger partial charge in [0.25, 0.3) is 0 Å². The van der Waals surface area contributed by atoms with E-state index in [2.05, 4.69) is 22.8 Å². The molecule has 0 aliphatic carbocycles. The number of amides is 2. The summed E-state index contributed by atoms with van der Waals surface area (Å²) in [6.07, 6.45) is 1.73. The standard InChI is InChI=1S/C19H25N3O3S/c1-22(2)26(24,25)18-13-7-6-12-17(18)15-21-19(23)20-14-8-11-16-9-4-3-5-10-16/h3-7,9-10,12-13H,8,11,14-15H2,1-2H3,(H2,20,21,23). The van der Waals surface area contributed by atoms with Crippen molar-refractivity contribution in [3.63, 3.8) is 0 Å². The van der Waals surface area contributed by atoms with Crippen molar-refractivity contribution in [3.8, 4) is 0 Å². The maximum atomic E-state index is 12.3. The highest BCUT2D eigenvalue weighted by Crippen LogP contribution is 2.18. The van der Waals surface area contributed by atoms with Crippen LogP contribution in [-0.4, -0.2) is 39.4 Å². The maximum absolute atomic E-state index is 12.3. The lowest BCUT2D eigenvalue weighted by Crippen LogP contribution is -2.36. The molecule has 0 saturated heterocycles. The van der Waals surface area contributed by atoms with Crippen molar-refractivity contribution >= 4 is 16.1 Å². The van der Waals surface area contributed by atoms with Crippen molar-refractivity contribution in [2.45, 2.75) is 24.3 Å². The maximum Gasteiger partial charge on any atom is 0.315 e. The van der Waals surface area contributed by atoms with Gasteiger partial charge in [-0.05, 0) is 30.0 Å². The Morgan fingerprint density at radius 2 is 1.62 bits per heavy atom. The molecule has 0 unspecified atom stereocenters. The second kappa shape index (κ2) is 9.35. The molecule has 2 aromatic rings. The molecule has 0 aliphatic rings. The molecule has 0 spiro atoms. The quantitative estimate of drug-likeness (QED) is 0.695. The SMILES string of the molecule is CN(C)S(=O)(=O)c1ccccc1CNC(=O)NCCCc1ccccc1. The van der Waals surface area contributed by atoms with E-state index in [1.54, 1.807) is 24.3 Å². The summed E-state index contributed by atoms with van der Waals surface area (Å²) in [4.78, 5) is 12.1. The first-order chi connectivity index (χ1) is 12.4. The Bertz CT molecular complexity index is 821. The number of nitrogens with zero attached hydrogens (tertiary/aromatic N) is 1. The second-order valence-electron chi connectivity index (χ2n) is 6.09. The molecule has 0 radical (unpaired) electrons. The van der Waals surface area contributed by atoms with Gasteiger partial charge in [0, 0.05) is 27.2 Å². The summed E-state index contributed by atoms with van der Waals surface area (Å²) in [7, 11) is -0.575. The zero-order valence-electron chi connectivity index (χ0n) is 15.1. The lowest BCUT2D eigenvalue weighted by Gasteiger charge is -2.15. The van der Waals surface area contributed by atoms with Gasteiger partial charge in [0.2, 0.25) is 10.0 Å². The zero-order valence-corrected chi connectivity index (χ0v) is 15.9. The van der Waals surface area contributed by atoms with Gasteiger partial charge in [0.15, 0.2) is 0 Å². The fourth-order valence-electron chi connectivity index (χ4n) is 2.48. The summed E-state index contributed by atoms with van der Waals surface area (Å²) < 4.78 is 25.8. The minimum absolute atomic E-state index is 0.147. The Morgan fingerprint density at radius 3 is 2.31 bits per heavy atom. The van der Waals surface area contributed by atoms with Crippen LogP contribution in [-0.2, 0) is 23.0 Å². The van der Waals surface area contributed by atoms with Gasteiger partial charge in [0.1, 0.15) is 0 Å². The first-order valence-corrected chi connectivity index (χ1v) is 9.91. The van der Waals surface area contributed by atoms with Crippen LogP contribution >= 0.6 is 0 Å². The van der Waals surface area contributed by atoms with Crippen LogP contribution in [0.3, 0.4) is 0 Å². The van der Waals surface area contributed by atoms with Crippen LogP contribution in [0.1, 0.15) is 17.5 Å². The van der Waals surface area contributed by atoms with Gasteiger partial charge in [-0.1, -0.05) is 48.5 Å². The number of urea groups is 1. The molecule has 0 atom stereocenters. The number of hydrogen-bond acceptors (Lipinski definition) is 3. The van der Waals surface area contributed by atoms with Crippen LogP contribution in [0.2, 0.25) is 0 Å². The highest BCUT2D eigenvalue weighted by Gasteiger charge is 2.20. The lowest BCUT2D eigenvalue weighted by molar-refractivity contribution is 0.240. The molecule has 0 aromatic heterocycles. The van der Waals surface area contributed by atoms with Crippen molar-refractivity contribution in [1.29, 1.82) is 0 Å². The van der Waals surface area contributed by atoms with Gasteiger partial charge in [-0.3, -0.25) is 0 Å². The molecule has 2 N–H and O–H groups in total. The van der Waals surface area contributed by atoms with Crippen LogP contribution in [0.25, 0.3) is 0 Å². The number of benzene rings is 2. The highest BCUT2D eigenvalue weighted by molar-refractivity contribution is 7.89. The summed E-state index contributed by atoms with van der Waals surface area (Å²) in [5.74, 6) is 0. The molecule has 0 fully saturated rings. The molecule has 2 amide bonds. The molecule has 0 saturated carbocycles. The van der Waals surface area contributed by atoms with Gasteiger partial charge in [0.05, 0.1) is 4.90 Å². The van der Waals surface area contributed by atoms with Crippen molar-refractivity contribution < 1.29 is 13.2 Å². The fourth-order valence-corrected chi connectivity index (χ4v) is 3.59. The van der Waals surface area contributed by atoms with E-state index in [1.165, 1.54) is 19.7 Å². The molecule has 0 bridgehead atoms. The average Bonchev–Trinajstić information content (AvgIpc) is 2.64. The Balaban J connectivity index is 1.82. The van der Waals surface area contributed by atoms with Gasteiger partial charge in [-0.15, -0.1) is 0 Å². The van der Waals surface area contributed by atoms with E-state index in [9.17, 15) is 13.2 Å². The van der Waals surface area contributed by atoms with Gasteiger partial charge in [-0.25, -0.2) is 17.5 Å². The predicted molar refractivity (Wildman–Crippen MR) is 102 cm³/mol. The van der Waals surface area contributed by atoms with Crippen LogP contribution in [0.5, 0.6) is 0 Å². The number of hydrogen-bond donors (Lipinski definition) is 2. The van der Waals surface area contributed by atoms with Crippen LogP contribution < -0.4 is 10.6 Å². The fraction of sp³-hybridized carbons (Fsp3) is 0.316. The zero-order chi connectivity index (χ0) is 19.0. The molecule has 7 heteroatoms. The topological polar surface area (TPSA) is 78.5 Å². The number of sulfonamides is 1. The molecule has 0 aliphatic heterocycles. The number of nitrogens with one attached hydrogen (secondary N) is 2. The van der Waals surface area contributed by atoms with Crippen LogP contribution in [0.4, 0.5) is 4.79 Å². The number of rotatable bonds is 8. The van der Waals surface area contributed by atoms with Crippen LogP contribution in [0, 0.1) is 0 Å². The Hall–Kier alpha value is -2.38. The summed E-state index contributed by atoms with van der Waals surface area (Å²) in [6, 6.07) is 16.4. The number of carbonyl (C=O) groups is 1. The molecule has 140 valence electrons. The van der Waals surface area contributed by atoms with Crippen molar-refractivity contribution in [3.05, 3.63) is 65.7 Å². The van der Waals surface area contributed by atoms with Crippen LogP contribution in [0.15, 0.2) is 59.5 Å². The van der Waals surface area contributed by atoms with E-state index in [0.717, 1.165) is 17.1 Å². The molecule has 2 rings (SSSR count). The predicted octanol–water partition coefficient (Wildman–Crippen LogP) is 2.37. The van der Waals surface area contributed by atoms with E-state index in [0.29, 0.717) is 12.1 Å². The molecule has 6 nitrogen and oxygen atoms in total. The monoisotopic (exact) mass is 375 g/mol. The minimum atomic E-state index is -3.55. The smallest absolute Gasteiger partial charge is 0.315 e. The number of carbonyl (C=O) groups excluding carboxylic acids is 1. The lowest BCUT2D eigenvalue weighted by atomic mass is 10.1. The van der Waals surface area contributed by atoms with Gasteiger partial charge < -0.3 is 10.6 Å². The van der Waals surface area contributed by atoms with E-state index in [1.807, 2.05) is 18.2 Å². The third-order valence-corrected chi connectivity index (χ3v) is 5.86. The Morgan fingerprint density at radius 1 is 0.962 bits per heavy atom. The summed E-state index contributed by atoms with van der Waals surface area (Å²) in [5.41, 5.74) is 1.79. The summed E-state index contributed by atoms with van der Waals surface area (Å²) >= 11 is 0. The second-order valence-corrected chi connectivity index (χ2v) is 8.21. The van der Waals surface area contributed by atoms with E-state index >= 15 is 0 Å². The van der Waals surface area contributed by atoms with Crippen molar-refractivity contribution in [2.75, 3.05) is 20.6 Å².